The molecule has 3 N–H and O–H groups in total. The molecule has 1 fully saturated rings. The van der Waals surface area contributed by atoms with Crippen molar-refractivity contribution in [3.05, 3.63) is 47.8 Å². The molecule has 0 unspecified atom stereocenters. The van der Waals surface area contributed by atoms with E-state index in [0.29, 0.717) is 30.9 Å². The number of rotatable bonds is 6. The van der Waals surface area contributed by atoms with Crippen molar-refractivity contribution in [2.24, 2.45) is 0 Å². The third-order valence-electron chi connectivity index (χ3n) is 4.25. The standard InChI is InChI=1S/C18H22N4O4S2/c1-2-19-17(23)13-3-5-14(6-4-13)21-18(24)16-11-15(12-20-16)28(25,26)22-7-9-27-10-8-22/h3-6,11-12,20H,2,7-10H2,1H3,(H,19,23)(H,21,24). The van der Waals surface area contributed by atoms with Gasteiger partial charge in [-0.3, -0.25) is 9.59 Å². The summed E-state index contributed by atoms with van der Waals surface area (Å²) in [7, 11) is -3.60. The van der Waals surface area contributed by atoms with Gasteiger partial charge in [-0.1, -0.05) is 0 Å². The first-order valence-electron chi connectivity index (χ1n) is 8.87. The molecule has 3 rings (SSSR count). The minimum absolute atomic E-state index is 0.0798. The van der Waals surface area contributed by atoms with Crippen LogP contribution in [0.5, 0.6) is 0 Å². The zero-order valence-electron chi connectivity index (χ0n) is 15.4. The molecule has 1 aliphatic heterocycles. The summed E-state index contributed by atoms with van der Waals surface area (Å²) in [5, 5.41) is 5.39. The fourth-order valence-electron chi connectivity index (χ4n) is 2.76. The molecular formula is C18H22N4O4S2. The zero-order valence-corrected chi connectivity index (χ0v) is 17.0. The molecule has 1 aliphatic rings. The largest absolute Gasteiger partial charge is 0.356 e. The van der Waals surface area contributed by atoms with E-state index in [0.717, 1.165) is 11.5 Å². The van der Waals surface area contributed by atoms with E-state index in [-0.39, 0.29) is 16.5 Å². The summed E-state index contributed by atoms with van der Waals surface area (Å²) in [6, 6.07) is 7.80. The molecule has 1 aromatic carbocycles. The van der Waals surface area contributed by atoms with Crippen LogP contribution in [0.2, 0.25) is 0 Å². The molecule has 0 radical (unpaired) electrons. The van der Waals surface area contributed by atoms with Crippen LogP contribution in [0.1, 0.15) is 27.8 Å². The van der Waals surface area contributed by atoms with E-state index in [4.69, 9.17) is 0 Å². The van der Waals surface area contributed by atoms with Crippen LogP contribution in [0.15, 0.2) is 41.4 Å². The van der Waals surface area contributed by atoms with Crippen molar-refractivity contribution in [2.45, 2.75) is 11.8 Å². The maximum absolute atomic E-state index is 12.7. The smallest absolute Gasteiger partial charge is 0.272 e. The highest BCUT2D eigenvalue weighted by Crippen LogP contribution is 2.21. The molecule has 28 heavy (non-hydrogen) atoms. The number of anilines is 1. The van der Waals surface area contributed by atoms with Gasteiger partial charge in [-0.05, 0) is 37.3 Å². The van der Waals surface area contributed by atoms with Crippen molar-refractivity contribution in [1.82, 2.24) is 14.6 Å². The summed E-state index contributed by atoms with van der Waals surface area (Å²) in [6.45, 7) is 3.31. The van der Waals surface area contributed by atoms with E-state index >= 15 is 0 Å². The van der Waals surface area contributed by atoms with Gasteiger partial charge in [0.05, 0.1) is 0 Å². The summed E-state index contributed by atoms with van der Waals surface area (Å²) in [5.74, 6) is 0.893. The molecular weight excluding hydrogens is 400 g/mol. The molecule has 0 aliphatic carbocycles. The van der Waals surface area contributed by atoms with Gasteiger partial charge in [-0.25, -0.2) is 8.42 Å². The number of thioether (sulfide) groups is 1. The monoisotopic (exact) mass is 422 g/mol. The predicted molar refractivity (Wildman–Crippen MR) is 109 cm³/mol. The van der Waals surface area contributed by atoms with Crippen LogP contribution in [-0.2, 0) is 10.0 Å². The molecule has 1 saturated heterocycles. The number of carbonyl (C=O) groups excluding carboxylic acids is 2. The summed E-state index contributed by atoms with van der Waals surface area (Å²) < 4.78 is 26.8. The Labute approximate surface area is 168 Å². The summed E-state index contributed by atoms with van der Waals surface area (Å²) in [4.78, 5) is 27.0. The molecule has 2 amide bonds. The van der Waals surface area contributed by atoms with Crippen molar-refractivity contribution in [1.29, 1.82) is 0 Å². The van der Waals surface area contributed by atoms with Gasteiger partial charge in [0.2, 0.25) is 10.0 Å². The van der Waals surface area contributed by atoms with E-state index in [9.17, 15) is 18.0 Å². The van der Waals surface area contributed by atoms with E-state index < -0.39 is 15.9 Å². The number of nitrogens with one attached hydrogen (secondary N) is 3. The van der Waals surface area contributed by atoms with Gasteiger partial charge >= 0.3 is 0 Å². The lowest BCUT2D eigenvalue weighted by Gasteiger charge is -2.24. The Morgan fingerprint density at radius 3 is 2.46 bits per heavy atom. The van der Waals surface area contributed by atoms with Gasteiger partial charge in [0.15, 0.2) is 0 Å². The number of sulfonamides is 1. The molecule has 10 heteroatoms. The van der Waals surface area contributed by atoms with E-state index in [1.54, 1.807) is 36.0 Å². The van der Waals surface area contributed by atoms with Crippen molar-refractivity contribution < 1.29 is 18.0 Å². The van der Waals surface area contributed by atoms with Gasteiger partial charge in [0.1, 0.15) is 10.6 Å². The van der Waals surface area contributed by atoms with Crippen LogP contribution in [0.3, 0.4) is 0 Å². The highest BCUT2D eigenvalue weighted by atomic mass is 32.2. The third kappa shape index (κ3) is 4.57. The van der Waals surface area contributed by atoms with Crippen molar-refractivity contribution in [2.75, 3.05) is 36.5 Å². The number of amides is 2. The van der Waals surface area contributed by atoms with E-state index in [1.165, 1.54) is 16.6 Å². The van der Waals surface area contributed by atoms with Gasteiger partial charge in [-0.2, -0.15) is 16.1 Å². The van der Waals surface area contributed by atoms with Crippen LogP contribution in [0.25, 0.3) is 0 Å². The predicted octanol–water partition coefficient (Wildman–Crippen LogP) is 1.75. The molecule has 2 heterocycles. The minimum Gasteiger partial charge on any atom is -0.356 e. The molecule has 0 bridgehead atoms. The Morgan fingerprint density at radius 2 is 1.82 bits per heavy atom. The van der Waals surface area contributed by atoms with E-state index in [2.05, 4.69) is 15.6 Å². The molecule has 0 spiro atoms. The number of carbonyl (C=O) groups is 2. The Morgan fingerprint density at radius 1 is 1.14 bits per heavy atom. The van der Waals surface area contributed by atoms with Crippen LogP contribution in [0, 0.1) is 0 Å². The topological polar surface area (TPSA) is 111 Å². The fraction of sp³-hybridized carbons (Fsp3) is 0.333. The fourth-order valence-corrected chi connectivity index (χ4v) is 5.33. The average molecular weight is 423 g/mol. The Balaban J connectivity index is 1.68. The molecule has 2 aromatic rings. The third-order valence-corrected chi connectivity index (χ3v) is 7.07. The summed E-state index contributed by atoms with van der Waals surface area (Å²) >= 11 is 1.72. The lowest BCUT2D eigenvalue weighted by molar-refractivity contribution is 0.0955. The summed E-state index contributed by atoms with van der Waals surface area (Å²) in [6.07, 6.45) is 1.34. The number of aromatic nitrogens is 1. The Hall–Kier alpha value is -2.30. The van der Waals surface area contributed by atoms with E-state index in [1.807, 2.05) is 6.92 Å². The number of H-pyrrole nitrogens is 1. The van der Waals surface area contributed by atoms with Gasteiger partial charge < -0.3 is 15.6 Å². The molecule has 1 aromatic heterocycles. The van der Waals surface area contributed by atoms with Gasteiger partial charge in [-0.15, -0.1) is 0 Å². The van der Waals surface area contributed by atoms with Crippen LogP contribution >= 0.6 is 11.8 Å². The van der Waals surface area contributed by atoms with Crippen molar-refractivity contribution in [3.8, 4) is 0 Å². The maximum Gasteiger partial charge on any atom is 0.272 e. The Kier molecular flexibility index (Phi) is 6.42. The average Bonchev–Trinajstić information content (AvgIpc) is 3.21. The van der Waals surface area contributed by atoms with Crippen LogP contribution in [0.4, 0.5) is 5.69 Å². The van der Waals surface area contributed by atoms with Gasteiger partial charge in [0.25, 0.3) is 11.8 Å². The second-order valence-corrected chi connectivity index (χ2v) is 9.32. The molecule has 150 valence electrons. The lowest BCUT2D eigenvalue weighted by atomic mass is 10.2. The van der Waals surface area contributed by atoms with Crippen LogP contribution in [-0.4, -0.2) is 60.7 Å². The van der Waals surface area contributed by atoms with Crippen molar-refractivity contribution in [3.63, 3.8) is 0 Å². The number of nitrogens with zero attached hydrogens (tertiary/aromatic N) is 1. The number of aromatic amines is 1. The Bertz CT molecular complexity index is 948. The normalized spacial score (nSPS) is 15.2. The maximum atomic E-state index is 12.7. The number of benzene rings is 1. The number of hydrogen-bond acceptors (Lipinski definition) is 5. The van der Waals surface area contributed by atoms with Gasteiger partial charge in [0, 0.05) is 48.6 Å². The van der Waals surface area contributed by atoms with Crippen molar-refractivity contribution >= 4 is 39.3 Å². The quantitative estimate of drug-likeness (QED) is 0.657. The first-order valence-corrected chi connectivity index (χ1v) is 11.5. The highest BCUT2D eigenvalue weighted by Gasteiger charge is 2.27. The highest BCUT2D eigenvalue weighted by molar-refractivity contribution is 7.99. The molecule has 0 atom stereocenters. The lowest BCUT2D eigenvalue weighted by Crippen LogP contribution is -2.37. The summed E-state index contributed by atoms with van der Waals surface area (Å²) in [5.41, 5.74) is 1.15. The second-order valence-electron chi connectivity index (χ2n) is 6.16. The molecule has 8 nitrogen and oxygen atoms in total. The minimum atomic E-state index is -3.60. The second kappa shape index (κ2) is 8.80. The number of hydrogen-bond donors (Lipinski definition) is 3. The first-order chi connectivity index (χ1) is 13.4. The SMILES string of the molecule is CCNC(=O)c1ccc(NC(=O)c2cc(S(=O)(=O)N3CCSCC3)c[nH]2)cc1. The van der Waals surface area contributed by atoms with Crippen LogP contribution < -0.4 is 10.6 Å². The molecule has 0 saturated carbocycles. The first kappa shape index (κ1) is 20.4. The zero-order chi connectivity index (χ0) is 20.1.